The van der Waals surface area contributed by atoms with Crippen LogP contribution < -0.4 is 16.1 Å². The lowest BCUT2D eigenvalue weighted by Gasteiger charge is -2.13. The van der Waals surface area contributed by atoms with Crippen molar-refractivity contribution >= 4 is 33.1 Å². The summed E-state index contributed by atoms with van der Waals surface area (Å²) in [5.74, 6) is 0.0631. The topological polar surface area (TPSA) is 110 Å². The van der Waals surface area contributed by atoms with E-state index in [1.54, 1.807) is 0 Å². The fraction of sp³-hybridized carbons (Fsp3) is 0.600. The van der Waals surface area contributed by atoms with Crippen molar-refractivity contribution in [2.75, 3.05) is 5.33 Å². The van der Waals surface area contributed by atoms with Crippen LogP contribution in [-0.4, -0.2) is 31.0 Å². The second kappa shape index (κ2) is 8.81. The van der Waals surface area contributed by atoms with Gasteiger partial charge in [0.2, 0.25) is 0 Å². The van der Waals surface area contributed by atoms with Gasteiger partial charge in [-0.25, -0.2) is 14.6 Å². The van der Waals surface area contributed by atoms with E-state index in [1.165, 1.54) is 6.33 Å². The third kappa shape index (κ3) is 4.80. The molecule has 132 valence electrons. The van der Waals surface area contributed by atoms with Crippen LogP contribution in [0.3, 0.4) is 0 Å². The largest absolute Gasteiger partial charge is 0.334 e. The van der Waals surface area contributed by atoms with Gasteiger partial charge in [-0.15, -0.1) is 4.73 Å². The lowest BCUT2D eigenvalue weighted by atomic mass is 9.94. The molecule has 0 fully saturated rings. The molecule has 1 atom stereocenters. The van der Waals surface area contributed by atoms with Crippen LogP contribution in [-0.2, 0) is 4.79 Å². The second-order valence-corrected chi connectivity index (χ2v) is 6.43. The van der Waals surface area contributed by atoms with E-state index in [0.717, 1.165) is 42.2 Å². The standard InChI is InChI=1S/C15H21BrN4O4/c1-2-10(5-3-4-8-16)6-7-11(21)24-20-9-17-12-13(20)18-15(23)19-14(12)22/h9-10H,2-8H2,1H3,(H2,18,19,22,23). The number of aromatic nitrogens is 4. The quantitative estimate of drug-likeness (QED) is 0.491. The van der Waals surface area contributed by atoms with E-state index in [4.69, 9.17) is 4.84 Å². The molecule has 2 aromatic heterocycles. The molecule has 0 aliphatic carbocycles. The second-order valence-electron chi connectivity index (χ2n) is 5.64. The predicted octanol–water partition coefficient (Wildman–Crippen LogP) is 1.74. The van der Waals surface area contributed by atoms with E-state index in [1.807, 2.05) is 0 Å². The summed E-state index contributed by atoms with van der Waals surface area (Å²) in [7, 11) is 0. The van der Waals surface area contributed by atoms with Gasteiger partial charge in [-0.05, 0) is 18.8 Å². The van der Waals surface area contributed by atoms with Crippen LogP contribution in [0.4, 0.5) is 0 Å². The Labute approximate surface area is 146 Å². The zero-order valence-electron chi connectivity index (χ0n) is 13.5. The first kappa shape index (κ1) is 18.4. The van der Waals surface area contributed by atoms with Gasteiger partial charge in [-0.1, -0.05) is 42.1 Å². The summed E-state index contributed by atoms with van der Waals surface area (Å²) < 4.78 is 1.03. The normalized spacial score (nSPS) is 12.4. The Morgan fingerprint density at radius 3 is 2.83 bits per heavy atom. The van der Waals surface area contributed by atoms with Crippen LogP contribution in [0.1, 0.15) is 45.4 Å². The predicted molar refractivity (Wildman–Crippen MR) is 93.2 cm³/mol. The highest BCUT2D eigenvalue weighted by Crippen LogP contribution is 2.19. The SMILES string of the molecule is CCC(CCCCBr)CCC(=O)On1cnc2c(=O)[nH]c(=O)[nH]c21. The Balaban J connectivity index is 1.95. The molecule has 2 rings (SSSR count). The summed E-state index contributed by atoms with van der Waals surface area (Å²) in [6.45, 7) is 2.12. The summed E-state index contributed by atoms with van der Waals surface area (Å²) in [6, 6.07) is 0. The van der Waals surface area contributed by atoms with E-state index in [-0.39, 0.29) is 17.6 Å². The zero-order valence-corrected chi connectivity index (χ0v) is 15.1. The molecule has 0 bridgehead atoms. The van der Waals surface area contributed by atoms with Crippen molar-refractivity contribution < 1.29 is 9.63 Å². The molecule has 0 spiro atoms. The molecule has 24 heavy (non-hydrogen) atoms. The summed E-state index contributed by atoms with van der Waals surface area (Å²) in [5.41, 5.74) is -1.21. The number of alkyl halides is 1. The minimum absolute atomic E-state index is 0.0172. The summed E-state index contributed by atoms with van der Waals surface area (Å²) in [6.07, 6.45) is 6.60. The van der Waals surface area contributed by atoms with Crippen LogP contribution in [0.25, 0.3) is 11.2 Å². The average molecular weight is 401 g/mol. The number of rotatable bonds is 9. The number of hydrogen-bond acceptors (Lipinski definition) is 5. The molecule has 2 heterocycles. The fourth-order valence-corrected chi connectivity index (χ4v) is 2.94. The number of H-pyrrole nitrogens is 2. The lowest BCUT2D eigenvalue weighted by molar-refractivity contribution is -0.144. The van der Waals surface area contributed by atoms with Crippen molar-refractivity contribution in [1.82, 2.24) is 19.7 Å². The van der Waals surface area contributed by atoms with Crippen molar-refractivity contribution in [3.05, 3.63) is 27.2 Å². The summed E-state index contributed by atoms with van der Waals surface area (Å²) in [5, 5.41) is 0.997. The van der Waals surface area contributed by atoms with E-state index in [9.17, 15) is 14.4 Å². The van der Waals surface area contributed by atoms with Gasteiger partial charge in [-0.2, -0.15) is 0 Å². The molecule has 9 heteroatoms. The maximum absolute atomic E-state index is 12.0. The Morgan fingerprint density at radius 1 is 1.33 bits per heavy atom. The number of nitrogens with zero attached hydrogens (tertiary/aromatic N) is 2. The number of aromatic amines is 2. The average Bonchev–Trinajstić information content (AvgIpc) is 2.94. The number of hydrogen-bond donors (Lipinski definition) is 2. The maximum atomic E-state index is 12.0. The Morgan fingerprint density at radius 2 is 2.12 bits per heavy atom. The zero-order chi connectivity index (χ0) is 17.5. The number of imidazole rings is 1. The van der Waals surface area contributed by atoms with Crippen molar-refractivity contribution in [2.45, 2.75) is 45.4 Å². The molecule has 0 aromatic carbocycles. The van der Waals surface area contributed by atoms with Crippen molar-refractivity contribution in [3.8, 4) is 0 Å². The first-order chi connectivity index (χ1) is 11.5. The van der Waals surface area contributed by atoms with Crippen molar-refractivity contribution in [2.24, 2.45) is 5.92 Å². The van der Waals surface area contributed by atoms with Crippen LogP contribution in [0, 0.1) is 5.92 Å². The van der Waals surface area contributed by atoms with Crippen LogP contribution in [0.2, 0.25) is 0 Å². The van der Waals surface area contributed by atoms with Crippen molar-refractivity contribution in [3.63, 3.8) is 0 Å². The summed E-state index contributed by atoms with van der Waals surface area (Å²) in [4.78, 5) is 48.4. The first-order valence-corrected chi connectivity index (χ1v) is 9.14. The van der Waals surface area contributed by atoms with Gasteiger partial charge >= 0.3 is 11.7 Å². The molecule has 0 radical (unpaired) electrons. The maximum Gasteiger partial charge on any atom is 0.333 e. The third-order valence-corrected chi connectivity index (χ3v) is 4.50. The Kier molecular flexibility index (Phi) is 6.77. The molecule has 8 nitrogen and oxygen atoms in total. The molecule has 0 aliphatic rings. The molecule has 0 saturated heterocycles. The third-order valence-electron chi connectivity index (χ3n) is 3.94. The number of fused-ring (bicyclic) bond motifs is 1. The number of nitrogens with one attached hydrogen (secondary N) is 2. The number of halogens is 1. The van der Waals surface area contributed by atoms with Crippen LogP contribution in [0.5, 0.6) is 0 Å². The lowest BCUT2D eigenvalue weighted by Crippen LogP contribution is -2.25. The van der Waals surface area contributed by atoms with E-state index in [0.29, 0.717) is 5.92 Å². The minimum Gasteiger partial charge on any atom is -0.334 e. The minimum atomic E-state index is -0.678. The number of carbonyl (C=O) groups excluding carboxylic acids is 1. The number of unbranched alkanes of at least 4 members (excludes halogenated alkanes) is 1. The van der Waals surface area contributed by atoms with E-state index in [2.05, 4.69) is 37.8 Å². The van der Waals surface area contributed by atoms with Gasteiger partial charge in [0.15, 0.2) is 11.2 Å². The van der Waals surface area contributed by atoms with Gasteiger partial charge in [0.25, 0.3) is 5.56 Å². The molecule has 0 saturated carbocycles. The Hall–Kier alpha value is -1.90. The highest BCUT2D eigenvalue weighted by atomic mass is 79.9. The van der Waals surface area contributed by atoms with Crippen LogP contribution >= 0.6 is 15.9 Å². The van der Waals surface area contributed by atoms with E-state index >= 15 is 0 Å². The van der Waals surface area contributed by atoms with Gasteiger partial charge in [0.05, 0.1) is 0 Å². The van der Waals surface area contributed by atoms with Gasteiger partial charge in [0.1, 0.15) is 6.33 Å². The Bertz CT molecular complexity index is 795. The van der Waals surface area contributed by atoms with E-state index < -0.39 is 17.2 Å². The molecular weight excluding hydrogens is 380 g/mol. The molecular formula is C15H21BrN4O4. The molecule has 1 unspecified atom stereocenters. The first-order valence-electron chi connectivity index (χ1n) is 8.02. The molecule has 2 N–H and O–H groups in total. The van der Waals surface area contributed by atoms with Gasteiger partial charge in [0, 0.05) is 11.8 Å². The molecule has 0 amide bonds. The highest BCUT2D eigenvalue weighted by molar-refractivity contribution is 9.09. The summed E-state index contributed by atoms with van der Waals surface area (Å²) >= 11 is 3.41. The van der Waals surface area contributed by atoms with Crippen LogP contribution in [0.15, 0.2) is 15.9 Å². The number of carbonyl (C=O) groups is 1. The monoisotopic (exact) mass is 400 g/mol. The van der Waals surface area contributed by atoms with Crippen molar-refractivity contribution in [1.29, 1.82) is 0 Å². The molecule has 2 aromatic rings. The molecule has 0 aliphatic heterocycles. The smallest absolute Gasteiger partial charge is 0.333 e. The highest BCUT2D eigenvalue weighted by Gasteiger charge is 2.14. The van der Waals surface area contributed by atoms with Gasteiger partial charge in [-0.3, -0.25) is 14.8 Å². The fourth-order valence-electron chi connectivity index (χ4n) is 2.54. The van der Waals surface area contributed by atoms with Gasteiger partial charge < -0.3 is 4.84 Å².